The van der Waals surface area contributed by atoms with Crippen LogP contribution in [0.2, 0.25) is 15.1 Å². The number of ether oxygens (including phenoxy) is 2. The van der Waals surface area contributed by atoms with Gasteiger partial charge in [0.1, 0.15) is 29.4 Å². The fraction of sp³-hybridized carbons (Fsp3) is 0.306. The second-order valence-corrected chi connectivity index (χ2v) is 14.0. The Kier molecular flexibility index (Phi) is 9.53. The van der Waals surface area contributed by atoms with E-state index in [4.69, 9.17) is 48.8 Å². The van der Waals surface area contributed by atoms with Crippen LogP contribution >= 0.6 is 34.8 Å². The van der Waals surface area contributed by atoms with E-state index in [2.05, 4.69) is 22.3 Å². The Hall–Kier alpha value is -4.36. The first-order chi connectivity index (χ1) is 22.8. The van der Waals surface area contributed by atoms with Gasteiger partial charge in [-0.25, -0.2) is 9.59 Å². The lowest BCUT2D eigenvalue weighted by Gasteiger charge is -2.40. The number of carbonyl (C=O) groups is 2. The SMILES string of the molecule is CC(C)(C)OC(=O)N1CC(Nc2cc(C#Cc3ccc(OCc4c(-c5c(Cl)cccc5Cl)noc4C4CC4)cc3Cl)cc(C(=O)O)c2)C1. The fourth-order valence-electron chi connectivity index (χ4n) is 5.22. The van der Waals surface area contributed by atoms with Crippen molar-refractivity contribution in [2.24, 2.45) is 0 Å². The van der Waals surface area contributed by atoms with Crippen molar-refractivity contribution in [2.75, 3.05) is 18.4 Å². The smallest absolute Gasteiger partial charge is 0.410 e. The molecule has 1 aromatic heterocycles. The van der Waals surface area contributed by atoms with E-state index in [0.717, 1.165) is 24.2 Å². The molecular weight excluding hydrogens is 677 g/mol. The molecule has 48 heavy (non-hydrogen) atoms. The molecule has 12 heteroatoms. The molecular formula is C36H32Cl3N3O6. The molecule has 1 aliphatic heterocycles. The average Bonchev–Trinajstić information content (AvgIpc) is 3.76. The summed E-state index contributed by atoms with van der Waals surface area (Å²) in [4.78, 5) is 25.7. The number of anilines is 1. The van der Waals surface area contributed by atoms with Crippen LogP contribution in [0.5, 0.6) is 5.75 Å². The van der Waals surface area contributed by atoms with Gasteiger partial charge in [0.2, 0.25) is 0 Å². The predicted octanol–water partition coefficient (Wildman–Crippen LogP) is 8.89. The van der Waals surface area contributed by atoms with Crippen LogP contribution in [-0.2, 0) is 11.3 Å². The van der Waals surface area contributed by atoms with E-state index in [-0.39, 0.29) is 30.2 Å². The minimum absolute atomic E-state index is 0.0553. The van der Waals surface area contributed by atoms with E-state index in [1.165, 1.54) is 12.1 Å². The lowest BCUT2D eigenvalue weighted by Crippen LogP contribution is -2.57. The summed E-state index contributed by atoms with van der Waals surface area (Å²) in [7, 11) is 0. The summed E-state index contributed by atoms with van der Waals surface area (Å²) >= 11 is 19.6. The number of likely N-dealkylation sites (tertiary alicyclic amines) is 1. The van der Waals surface area contributed by atoms with Crippen molar-refractivity contribution in [1.82, 2.24) is 10.1 Å². The first-order valence-corrected chi connectivity index (χ1v) is 16.5. The number of benzene rings is 3. The van der Waals surface area contributed by atoms with Gasteiger partial charge in [-0.05, 0) is 76.1 Å². The maximum Gasteiger partial charge on any atom is 0.410 e. The second kappa shape index (κ2) is 13.6. The summed E-state index contributed by atoms with van der Waals surface area (Å²) in [6, 6.07) is 15.2. The van der Waals surface area contributed by atoms with Crippen LogP contribution in [0.4, 0.5) is 10.5 Å². The van der Waals surface area contributed by atoms with E-state index in [9.17, 15) is 14.7 Å². The summed E-state index contributed by atoms with van der Waals surface area (Å²) in [5.41, 5.74) is 3.05. The molecule has 4 aromatic rings. The number of rotatable bonds is 8. The number of carboxylic acids is 1. The lowest BCUT2D eigenvalue weighted by molar-refractivity contribution is 0.0105. The molecule has 0 bridgehead atoms. The molecule has 2 N–H and O–H groups in total. The molecule has 0 unspecified atom stereocenters. The van der Waals surface area contributed by atoms with Gasteiger partial charge < -0.3 is 29.3 Å². The molecule has 1 saturated carbocycles. The number of aromatic nitrogens is 1. The maximum atomic E-state index is 12.3. The summed E-state index contributed by atoms with van der Waals surface area (Å²) in [5.74, 6) is 6.55. The third kappa shape index (κ3) is 7.84. The Balaban J connectivity index is 1.15. The molecule has 0 radical (unpaired) electrons. The molecule has 2 heterocycles. The van der Waals surface area contributed by atoms with Crippen molar-refractivity contribution in [3.05, 3.63) is 97.7 Å². The molecule has 248 valence electrons. The molecule has 6 rings (SSSR count). The van der Waals surface area contributed by atoms with Crippen LogP contribution in [0, 0.1) is 11.8 Å². The van der Waals surface area contributed by atoms with Crippen molar-refractivity contribution in [2.45, 2.75) is 57.8 Å². The number of aromatic carboxylic acids is 1. The van der Waals surface area contributed by atoms with Gasteiger partial charge in [-0.3, -0.25) is 0 Å². The average molecular weight is 709 g/mol. The van der Waals surface area contributed by atoms with Gasteiger partial charge in [-0.1, -0.05) is 57.9 Å². The van der Waals surface area contributed by atoms with Gasteiger partial charge in [0.05, 0.1) is 32.2 Å². The molecule has 1 amide bonds. The largest absolute Gasteiger partial charge is 0.489 e. The number of nitrogens with zero attached hydrogens (tertiary/aromatic N) is 2. The number of amides is 1. The number of halogens is 3. The van der Waals surface area contributed by atoms with Gasteiger partial charge in [0.15, 0.2) is 0 Å². The summed E-state index contributed by atoms with van der Waals surface area (Å²) in [6.07, 6.45) is 1.64. The second-order valence-electron chi connectivity index (χ2n) is 12.8. The van der Waals surface area contributed by atoms with Crippen LogP contribution in [0.25, 0.3) is 11.3 Å². The Morgan fingerprint density at radius 3 is 2.40 bits per heavy atom. The van der Waals surface area contributed by atoms with Crippen LogP contribution in [0.1, 0.15) is 72.3 Å². The van der Waals surface area contributed by atoms with Crippen molar-refractivity contribution < 1.29 is 28.7 Å². The number of hydrogen-bond donors (Lipinski definition) is 2. The molecule has 0 spiro atoms. The molecule has 0 atom stereocenters. The van der Waals surface area contributed by atoms with E-state index >= 15 is 0 Å². The summed E-state index contributed by atoms with van der Waals surface area (Å²) < 4.78 is 17.3. The monoisotopic (exact) mass is 707 g/mol. The van der Waals surface area contributed by atoms with Crippen LogP contribution in [0.15, 0.2) is 59.1 Å². The molecule has 1 aliphatic carbocycles. The fourth-order valence-corrected chi connectivity index (χ4v) is 6.01. The zero-order valence-electron chi connectivity index (χ0n) is 26.4. The Morgan fingerprint density at radius 2 is 1.75 bits per heavy atom. The molecule has 9 nitrogen and oxygen atoms in total. The lowest BCUT2D eigenvalue weighted by atomic mass is 10.0. The Bertz CT molecular complexity index is 1930. The zero-order chi connectivity index (χ0) is 34.2. The maximum absolute atomic E-state index is 12.3. The number of carboxylic acid groups (broad SMARTS) is 1. The van der Waals surface area contributed by atoms with Gasteiger partial charge in [-0.15, -0.1) is 0 Å². The highest BCUT2D eigenvalue weighted by atomic mass is 35.5. The van der Waals surface area contributed by atoms with E-state index in [1.54, 1.807) is 47.4 Å². The Morgan fingerprint density at radius 1 is 1.02 bits per heavy atom. The van der Waals surface area contributed by atoms with E-state index in [0.29, 0.717) is 62.0 Å². The van der Waals surface area contributed by atoms with Crippen molar-refractivity contribution >= 4 is 52.6 Å². The molecule has 1 saturated heterocycles. The summed E-state index contributed by atoms with van der Waals surface area (Å²) in [6.45, 7) is 6.49. The first kappa shape index (κ1) is 33.5. The summed E-state index contributed by atoms with van der Waals surface area (Å²) in [5, 5.41) is 18.6. The molecule has 2 fully saturated rings. The van der Waals surface area contributed by atoms with Gasteiger partial charge in [0.25, 0.3) is 0 Å². The third-order valence-electron chi connectivity index (χ3n) is 7.72. The number of nitrogens with one attached hydrogen (secondary N) is 1. The van der Waals surface area contributed by atoms with Crippen molar-refractivity contribution in [3.63, 3.8) is 0 Å². The van der Waals surface area contributed by atoms with E-state index < -0.39 is 11.6 Å². The highest BCUT2D eigenvalue weighted by Gasteiger charge is 2.35. The molecule has 2 aliphatic rings. The highest BCUT2D eigenvalue weighted by molar-refractivity contribution is 6.39. The van der Waals surface area contributed by atoms with Crippen LogP contribution in [0.3, 0.4) is 0 Å². The highest BCUT2D eigenvalue weighted by Crippen LogP contribution is 2.46. The normalized spacial score (nSPS) is 14.5. The van der Waals surface area contributed by atoms with Crippen LogP contribution in [-0.4, -0.2) is 52.0 Å². The minimum Gasteiger partial charge on any atom is -0.489 e. The standard InChI is InChI=1S/C36H32Cl3N3O6/c1-36(2,3)47-35(45)42-17-25(18-42)40-24-14-20(13-23(15-24)34(43)44)7-8-21-11-12-26(16-30(21)39)46-19-27-32(41-48-33(27)22-9-10-22)31-28(37)5-4-6-29(31)38/h4-6,11-16,22,25,40H,9-10,17-19H2,1-3H3,(H,43,44). The van der Waals surface area contributed by atoms with Crippen molar-refractivity contribution in [3.8, 4) is 28.8 Å². The van der Waals surface area contributed by atoms with Gasteiger partial charge >= 0.3 is 12.1 Å². The van der Waals surface area contributed by atoms with Gasteiger partial charge in [0, 0.05) is 47.5 Å². The third-order valence-corrected chi connectivity index (χ3v) is 8.66. The van der Waals surface area contributed by atoms with Crippen LogP contribution < -0.4 is 10.1 Å². The number of hydrogen-bond acceptors (Lipinski definition) is 7. The molecule has 3 aromatic carbocycles. The quantitative estimate of drug-likeness (QED) is 0.175. The number of carbonyl (C=O) groups excluding carboxylic acids is 1. The van der Waals surface area contributed by atoms with Crippen molar-refractivity contribution in [1.29, 1.82) is 0 Å². The van der Waals surface area contributed by atoms with Gasteiger partial charge in [-0.2, -0.15) is 0 Å². The predicted molar refractivity (Wildman–Crippen MR) is 184 cm³/mol. The zero-order valence-corrected chi connectivity index (χ0v) is 28.7. The first-order valence-electron chi connectivity index (χ1n) is 15.3. The van der Waals surface area contributed by atoms with E-state index in [1.807, 2.05) is 20.8 Å². The minimum atomic E-state index is -1.08. The Labute approximate surface area is 293 Å². The topological polar surface area (TPSA) is 114 Å².